The van der Waals surface area contributed by atoms with Crippen LogP contribution in [0, 0.1) is 6.92 Å². The minimum absolute atomic E-state index is 0.283. The maximum atomic E-state index is 12.2. The molecule has 5 nitrogen and oxygen atoms in total. The van der Waals surface area contributed by atoms with E-state index in [1.54, 1.807) is 44.6 Å². The van der Waals surface area contributed by atoms with Crippen molar-refractivity contribution >= 4 is 29.3 Å². The van der Waals surface area contributed by atoms with E-state index in [0.717, 1.165) is 11.1 Å². The maximum Gasteiger partial charge on any atom is 0.248 e. The van der Waals surface area contributed by atoms with Gasteiger partial charge in [-0.3, -0.25) is 4.79 Å². The standard InChI is InChI=1S/C19H20ClNO4/c1-12-9-15(17(24-3)11-14(12)20)21-19(22)8-6-13-5-7-16(23-2)18(10-13)25-4/h5-11H,1-4H3,(H,21,22)/b8-6+. The lowest BCUT2D eigenvalue weighted by Crippen LogP contribution is -2.09. The van der Waals surface area contributed by atoms with Crippen molar-refractivity contribution in [3.8, 4) is 17.2 Å². The van der Waals surface area contributed by atoms with Crippen LogP contribution in [0.2, 0.25) is 5.02 Å². The second-order valence-electron chi connectivity index (χ2n) is 5.24. The first-order valence-corrected chi connectivity index (χ1v) is 7.91. The largest absolute Gasteiger partial charge is 0.495 e. The molecule has 2 aromatic carbocycles. The molecule has 0 fully saturated rings. The van der Waals surface area contributed by atoms with Crippen LogP contribution < -0.4 is 19.5 Å². The Kier molecular flexibility index (Phi) is 6.31. The summed E-state index contributed by atoms with van der Waals surface area (Å²) < 4.78 is 15.7. The molecule has 0 saturated carbocycles. The summed E-state index contributed by atoms with van der Waals surface area (Å²) in [5, 5.41) is 3.36. The van der Waals surface area contributed by atoms with Gasteiger partial charge in [-0.2, -0.15) is 0 Å². The number of anilines is 1. The van der Waals surface area contributed by atoms with Crippen LogP contribution in [0.4, 0.5) is 5.69 Å². The zero-order valence-electron chi connectivity index (χ0n) is 14.6. The van der Waals surface area contributed by atoms with Crippen LogP contribution in [0.25, 0.3) is 6.08 Å². The molecule has 1 amide bonds. The fourth-order valence-electron chi connectivity index (χ4n) is 2.23. The fraction of sp³-hybridized carbons (Fsp3) is 0.211. The highest BCUT2D eigenvalue weighted by molar-refractivity contribution is 6.31. The average Bonchev–Trinajstić information content (AvgIpc) is 2.62. The molecule has 0 bridgehead atoms. The molecule has 0 atom stereocenters. The Morgan fingerprint density at radius 3 is 2.32 bits per heavy atom. The van der Waals surface area contributed by atoms with E-state index < -0.39 is 0 Å². The highest BCUT2D eigenvalue weighted by atomic mass is 35.5. The van der Waals surface area contributed by atoms with E-state index in [2.05, 4.69) is 5.32 Å². The molecular formula is C19H20ClNO4. The van der Waals surface area contributed by atoms with Crippen LogP contribution in [0.1, 0.15) is 11.1 Å². The number of benzene rings is 2. The predicted octanol–water partition coefficient (Wildman–Crippen LogP) is 4.33. The molecule has 0 aliphatic rings. The molecule has 0 spiro atoms. The number of hydrogen-bond acceptors (Lipinski definition) is 4. The van der Waals surface area contributed by atoms with Gasteiger partial charge in [0.15, 0.2) is 11.5 Å². The van der Waals surface area contributed by atoms with Crippen LogP contribution in [-0.4, -0.2) is 27.2 Å². The van der Waals surface area contributed by atoms with Crippen molar-refractivity contribution in [2.45, 2.75) is 6.92 Å². The number of aryl methyl sites for hydroxylation is 1. The molecule has 0 unspecified atom stereocenters. The SMILES string of the molecule is COc1cc(Cl)c(C)cc1NC(=O)/C=C/c1ccc(OC)c(OC)c1. The van der Waals surface area contributed by atoms with Crippen LogP contribution in [0.15, 0.2) is 36.4 Å². The summed E-state index contributed by atoms with van der Waals surface area (Å²) in [6, 6.07) is 8.84. The quantitative estimate of drug-likeness (QED) is 0.778. The number of nitrogens with one attached hydrogen (secondary N) is 1. The summed E-state index contributed by atoms with van der Waals surface area (Å²) in [7, 11) is 4.66. The Morgan fingerprint density at radius 1 is 1.00 bits per heavy atom. The lowest BCUT2D eigenvalue weighted by molar-refractivity contribution is -0.111. The van der Waals surface area contributed by atoms with Crippen molar-refractivity contribution in [3.05, 3.63) is 52.6 Å². The van der Waals surface area contributed by atoms with Gasteiger partial charge in [0.2, 0.25) is 5.91 Å². The molecule has 0 heterocycles. The summed E-state index contributed by atoms with van der Waals surface area (Å²) in [6.45, 7) is 1.86. The zero-order valence-corrected chi connectivity index (χ0v) is 15.3. The van der Waals surface area contributed by atoms with Gasteiger partial charge in [-0.15, -0.1) is 0 Å². The van der Waals surface area contributed by atoms with E-state index in [9.17, 15) is 4.79 Å². The number of amides is 1. The van der Waals surface area contributed by atoms with E-state index in [1.807, 2.05) is 13.0 Å². The Hall–Kier alpha value is -2.66. The molecule has 2 rings (SSSR count). The number of rotatable bonds is 6. The number of halogens is 1. The third-order valence-electron chi connectivity index (χ3n) is 3.57. The van der Waals surface area contributed by atoms with Gasteiger partial charge < -0.3 is 19.5 Å². The first-order chi connectivity index (χ1) is 12.0. The summed E-state index contributed by atoms with van der Waals surface area (Å²) in [5.74, 6) is 1.45. The molecule has 0 aliphatic carbocycles. The van der Waals surface area contributed by atoms with E-state index in [4.69, 9.17) is 25.8 Å². The van der Waals surface area contributed by atoms with Gasteiger partial charge in [0.25, 0.3) is 0 Å². The smallest absolute Gasteiger partial charge is 0.248 e. The lowest BCUT2D eigenvalue weighted by Gasteiger charge is -2.11. The second-order valence-corrected chi connectivity index (χ2v) is 5.65. The molecule has 6 heteroatoms. The zero-order chi connectivity index (χ0) is 18.4. The van der Waals surface area contributed by atoms with E-state index >= 15 is 0 Å². The Morgan fingerprint density at radius 2 is 1.68 bits per heavy atom. The minimum atomic E-state index is -0.283. The summed E-state index contributed by atoms with van der Waals surface area (Å²) >= 11 is 6.07. The molecule has 0 aromatic heterocycles. The molecule has 2 aromatic rings. The average molecular weight is 362 g/mol. The number of hydrogen-bond donors (Lipinski definition) is 1. The van der Waals surface area contributed by atoms with Gasteiger partial charge in [-0.05, 0) is 42.3 Å². The van der Waals surface area contributed by atoms with Crippen LogP contribution in [-0.2, 0) is 4.79 Å². The van der Waals surface area contributed by atoms with Gasteiger partial charge in [0, 0.05) is 17.2 Å². The van der Waals surface area contributed by atoms with Crippen LogP contribution >= 0.6 is 11.6 Å². The minimum Gasteiger partial charge on any atom is -0.495 e. The molecule has 1 N–H and O–H groups in total. The van der Waals surface area contributed by atoms with Crippen molar-refractivity contribution in [2.75, 3.05) is 26.6 Å². The molecule has 0 saturated heterocycles. The molecule has 132 valence electrons. The van der Waals surface area contributed by atoms with Crippen molar-refractivity contribution in [2.24, 2.45) is 0 Å². The summed E-state index contributed by atoms with van der Waals surface area (Å²) in [5.41, 5.74) is 2.22. The van der Waals surface area contributed by atoms with E-state index in [-0.39, 0.29) is 5.91 Å². The van der Waals surface area contributed by atoms with E-state index in [1.165, 1.54) is 13.2 Å². The summed E-state index contributed by atoms with van der Waals surface area (Å²) in [6.07, 6.45) is 3.12. The third kappa shape index (κ3) is 4.67. The Balaban J connectivity index is 2.15. The van der Waals surface area contributed by atoms with E-state index in [0.29, 0.717) is 28.0 Å². The van der Waals surface area contributed by atoms with Crippen molar-refractivity contribution in [3.63, 3.8) is 0 Å². The second kappa shape index (κ2) is 8.44. The van der Waals surface area contributed by atoms with Crippen molar-refractivity contribution in [1.82, 2.24) is 0 Å². The van der Waals surface area contributed by atoms with Crippen molar-refractivity contribution in [1.29, 1.82) is 0 Å². The molecule has 0 radical (unpaired) electrons. The predicted molar refractivity (Wildman–Crippen MR) is 100.0 cm³/mol. The number of methoxy groups -OCH3 is 3. The lowest BCUT2D eigenvalue weighted by atomic mass is 10.1. The highest BCUT2D eigenvalue weighted by Crippen LogP contribution is 2.31. The monoisotopic (exact) mass is 361 g/mol. The first kappa shape index (κ1) is 18.7. The third-order valence-corrected chi connectivity index (χ3v) is 3.98. The maximum absolute atomic E-state index is 12.2. The van der Waals surface area contributed by atoms with Gasteiger partial charge in [0.1, 0.15) is 5.75 Å². The van der Waals surface area contributed by atoms with Gasteiger partial charge in [-0.1, -0.05) is 17.7 Å². The highest BCUT2D eigenvalue weighted by Gasteiger charge is 2.09. The van der Waals surface area contributed by atoms with Gasteiger partial charge in [0.05, 0.1) is 27.0 Å². The van der Waals surface area contributed by atoms with Crippen LogP contribution in [0.3, 0.4) is 0 Å². The van der Waals surface area contributed by atoms with Gasteiger partial charge in [-0.25, -0.2) is 0 Å². The normalized spacial score (nSPS) is 10.6. The molecule has 25 heavy (non-hydrogen) atoms. The van der Waals surface area contributed by atoms with Gasteiger partial charge >= 0.3 is 0 Å². The van der Waals surface area contributed by atoms with Crippen molar-refractivity contribution < 1.29 is 19.0 Å². The topological polar surface area (TPSA) is 56.8 Å². The Labute approximate surface area is 152 Å². The Bertz CT molecular complexity index is 802. The molecule has 0 aliphatic heterocycles. The number of ether oxygens (including phenoxy) is 3. The van der Waals surface area contributed by atoms with Crippen LogP contribution in [0.5, 0.6) is 17.2 Å². The fourth-order valence-corrected chi connectivity index (χ4v) is 2.39. The summed E-state index contributed by atoms with van der Waals surface area (Å²) in [4.78, 5) is 12.2. The number of carbonyl (C=O) groups excluding carboxylic acids is 1. The number of carbonyl (C=O) groups is 1. The first-order valence-electron chi connectivity index (χ1n) is 7.53. The molecular weight excluding hydrogens is 342 g/mol.